The number of carbonyl (C=O) groups excluding carboxylic acids is 2. The van der Waals surface area contributed by atoms with E-state index in [-0.39, 0.29) is 0 Å². The van der Waals surface area contributed by atoms with E-state index in [2.05, 4.69) is 36.5 Å². The number of carbonyl (C=O) groups is 2. The number of hydrogen-bond donors (Lipinski definition) is 4. The lowest BCUT2D eigenvalue weighted by molar-refractivity contribution is 0.0624. The molecule has 48 heavy (non-hydrogen) atoms. The second-order valence-electron chi connectivity index (χ2n) is 11.9. The lowest BCUT2D eigenvalue weighted by Crippen LogP contribution is -2.29. The van der Waals surface area contributed by atoms with E-state index in [0.717, 1.165) is 15.6 Å². The Morgan fingerprint density at radius 2 is 1.10 bits per heavy atom. The number of ether oxygens (including phenoxy) is 4. The minimum Gasteiger partial charge on any atom is -0.495 e. The molecular formula is C34H42BBrN4O8. The summed E-state index contributed by atoms with van der Waals surface area (Å²) in [5.41, 5.74) is 2.54. The molecule has 2 heterocycles. The Labute approximate surface area is 290 Å². The van der Waals surface area contributed by atoms with Gasteiger partial charge in [0.1, 0.15) is 22.7 Å². The Hall–Kier alpha value is -4.66. The normalized spacial score (nSPS) is 10.6. The number of rotatable bonds is 6. The third kappa shape index (κ3) is 14.8. The molecule has 0 radical (unpaired) electrons. The Balaban J connectivity index is 0.000000272. The summed E-state index contributed by atoms with van der Waals surface area (Å²) in [6.45, 7) is 10.9. The van der Waals surface area contributed by atoms with Gasteiger partial charge in [-0.25, -0.2) is 9.59 Å². The molecule has 0 aliphatic rings. The van der Waals surface area contributed by atoms with Crippen LogP contribution >= 0.6 is 15.9 Å². The van der Waals surface area contributed by atoms with Crippen molar-refractivity contribution >= 4 is 52.1 Å². The molecule has 0 unspecified atom stereocenters. The summed E-state index contributed by atoms with van der Waals surface area (Å²) in [7, 11) is 1.72. The lowest BCUT2D eigenvalue weighted by Gasteiger charge is -2.20. The Morgan fingerprint density at radius 3 is 1.52 bits per heavy atom. The van der Waals surface area contributed by atoms with Crippen LogP contribution in [0, 0.1) is 0 Å². The number of aromatic nitrogens is 2. The monoisotopic (exact) mass is 724 g/mol. The van der Waals surface area contributed by atoms with Crippen molar-refractivity contribution in [3.63, 3.8) is 0 Å². The van der Waals surface area contributed by atoms with Crippen LogP contribution in [-0.4, -0.2) is 64.7 Å². The van der Waals surface area contributed by atoms with Crippen LogP contribution in [-0.2, 0) is 9.47 Å². The van der Waals surface area contributed by atoms with Gasteiger partial charge in [-0.3, -0.25) is 20.6 Å². The van der Waals surface area contributed by atoms with E-state index in [9.17, 15) is 9.59 Å². The minimum atomic E-state index is -1.38. The van der Waals surface area contributed by atoms with Gasteiger partial charge >= 0.3 is 19.3 Å². The van der Waals surface area contributed by atoms with Crippen molar-refractivity contribution in [1.82, 2.24) is 9.97 Å². The molecule has 12 nitrogen and oxygen atoms in total. The van der Waals surface area contributed by atoms with Crippen LogP contribution in [0.15, 0.2) is 89.9 Å². The van der Waals surface area contributed by atoms with Gasteiger partial charge in [0.2, 0.25) is 0 Å². The van der Waals surface area contributed by atoms with Gasteiger partial charge in [0.05, 0.1) is 25.6 Å². The second kappa shape index (κ2) is 18.6. The summed E-state index contributed by atoms with van der Waals surface area (Å²) in [6.07, 6.45) is 5.47. The van der Waals surface area contributed by atoms with Gasteiger partial charge in [-0.2, -0.15) is 0 Å². The maximum Gasteiger partial charge on any atom is 0.488 e. The van der Waals surface area contributed by atoms with Crippen molar-refractivity contribution in [3.8, 4) is 22.6 Å². The van der Waals surface area contributed by atoms with Gasteiger partial charge in [0.25, 0.3) is 0 Å². The summed E-state index contributed by atoms with van der Waals surface area (Å²) in [4.78, 5) is 31.1. The van der Waals surface area contributed by atoms with E-state index in [1.807, 2.05) is 71.9 Å². The Bertz CT molecular complexity index is 1600. The van der Waals surface area contributed by atoms with Crippen LogP contribution in [0.25, 0.3) is 11.1 Å². The zero-order chi connectivity index (χ0) is 35.9. The highest BCUT2D eigenvalue weighted by Gasteiger charge is 2.19. The molecule has 2 amide bonds. The van der Waals surface area contributed by atoms with Crippen LogP contribution in [0.3, 0.4) is 0 Å². The molecule has 14 heteroatoms. The zero-order valence-corrected chi connectivity index (χ0v) is 29.9. The second-order valence-corrected chi connectivity index (χ2v) is 12.8. The van der Waals surface area contributed by atoms with Gasteiger partial charge in [0.15, 0.2) is 0 Å². The first kappa shape index (κ1) is 39.5. The van der Waals surface area contributed by atoms with Crippen LogP contribution in [0.1, 0.15) is 41.5 Å². The fraction of sp³-hybridized carbons (Fsp3) is 0.294. The van der Waals surface area contributed by atoms with Crippen LogP contribution in [0.5, 0.6) is 11.5 Å². The van der Waals surface area contributed by atoms with Crippen LogP contribution in [0.2, 0.25) is 0 Å². The number of halogens is 1. The predicted octanol–water partition coefficient (Wildman–Crippen LogP) is 6.67. The predicted molar refractivity (Wildman–Crippen MR) is 191 cm³/mol. The average Bonchev–Trinajstić information content (AvgIpc) is 3.01. The Morgan fingerprint density at radius 1 is 0.667 bits per heavy atom. The number of pyridine rings is 2. The molecule has 0 aliphatic heterocycles. The molecule has 256 valence electrons. The zero-order valence-electron chi connectivity index (χ0n) is 28.3. The van der Waals surface area contributed by atoms with Crippen molar-refractivity contribution in [2.75, 3.05) is 24.9 Å². The molecule has 0 spiro atoms. The number of amides is 2. The molecule has 4 aromatic rings. The van der Waals surface area contributed by atoms with E-state index < -0.39 is 30.5 Å². The highest BCUT2D eigenvalue weighted by molar-refractivity contribution is 9.10. The number of methoxy groups -OCH3 is 2. The molecule has 4 N–H and O–H groups in total. The maximum absolute atomic E-state index is 11.9. The summed E-state index contributed by atoms with van der Waals surface area (Å²) in [5.74, 6) is 1.14. The van der Waals surface area contributed by atoms with E-state index in [1.165, 1.54) is 12.4 Å². The lowest BCUT2D eigenvalue weighted by atomic mass is 9.81. The summed E-state index contributed by atoms with van der Waals surface area (Å²) >= 11 is 3.33. The van der Waals surface area contributed by atoms with Crippen molar-refractivity contribution in [2.24, 2.45) is 0 Å². The molecule has 2 aromatic carbocycles. The van der Waals surface area contributed by atoms with Gasteiger partial charge in [-0.05, 0) is 113 Å². The first-order valence-corrected chi connectivity index (χ1v) is 15.5. The number of benzene rings is 2. The fourth-order valence-corrected chi connectivity index (χ4v) is 3.99. The SMILES string of the molecule is COc1cc(-c2ccncc2)ccc1NC(=O)OC(C)(C)C.COc1cc(Br)ccc1NC(=O)OC(C)(C)C.OB(O)c1ccncc1. The molecule has 0 bridgehead atoms. The molecule has 2 aromatic heterocycles. The molecular weight excluding hydrogens is 683 g/mol. The van der Waals surface area contributed by atoms with Crippen LogP contribution in [0.4, 0.5) is 21.0 Å². The highest BCUT2D eigenvalue weighted by atomic mass is 79.9. The first-order valence-electron chi connectivity index (χ1n) is 14.7. The largest absolute Gasteiger partial charge is 0.495 e. The summed E-state index contributed by atoms with van der Waals surface area (Å²) in [6, 6.07) is 17.8. The van der Waals surface area contributed by atoms with Crippen molar-refractivity contribution in [1.29, 1.82) is 0 Å². The number of hydrogen-bond acceptors (Lipinski definition) is 10. The standard InChI is InChI=1S/C17H20N2O3.C12H16BrNO3.C5H6BNO2/c1-17(2,3)22-16(20)19-14-6-5-13(11-15(14)21-4)12-7-9-18-10-8-12;1-12(2,3)17-11(15)14-9-6-5-8(13)7-10(9)16-4;8-6(9)5-1-3-7-4-2-5/h5-11H,1-4H3,(H,19,20);5-7H,1-4H3,(H,14,15);1-4,8-9H. The third-order valence-electron chi connectivity index (χ3n) is 5.65. The molecule has 0 fully saturated rings. The number of nitrogens with one attached hydrogen (secondary N) is 2. The van der Waals surface area contributed by atoms with E-state index >= 15 is 0 Å². The van der Waals surface area contributed by atoms with Crippen LogP contribution < -0.4 is 25.6 Å². The van der Waals surface area contributed by atoms with Gasteiger partial charge in [-0.1, -0.05) is 22.0 Å². The maximum atomic E-state index is 11.9. The highest BCUT2D eigenvalue weighted by Crippen LogP contribution is 2.31. The average molecular weight is 725 g/mol. The smallest absolute Gasteiger partial charge is 0.488 e. The summed E-state index contributed by atoms with van der Waals surface area (Å²) in [5, 5.41) is 22.4. The first-order chi connectivity index (χ1) is 22.5. The van der Waals surface area contributed by atoms with Gasteiger partial charge in [0, 0.05) is 29.3 Å². The van der Waals surface area contributed by atoms with Gasteiger partial charge < -0.3 is 29.0 Å². The fourth-order valence-electron chi connectivity index (χ4n) is 3.65. The number of anilines is 2. The summed E-state index contributed by atoms with van der Waals surface area (Å²) < 4.78 is 21.8. The topological polar surface area (TPSA) is 161 Å². The molecule has 0 saturated carbocycles. The molecule has 4 rings (SSSR count). The van der Waals surface area contributed by atoms with Crippen molar-refractivity contribution in [3.05, 3.63) is 89.9 Å². The molecule has 0 atom stereocenters. The van der Waals surface area contributed by atoms with Crippen molar-refractivity contribution in [2.45, 2.75) is 52.7 Å². The molecule has 0 saturated heterocycles. The van der Waals surface area contributed by atoms with E-state index in [4.69, 9.17) is 29.0 Å². The third-order valence-corrected chi connectivity index (χ3v) is 6.15. The number of nitrogens with zero attached hydrogens (tertiary/aromatic N) is 2. The van der Waals surface area contributed by atoms with Crippen molar-refractivity contribution < 1.29 is 38.6 Å². The Kier molecular flexibility index (Phi) is 15.3. The van der Waals surface area contributed by atoms with Gasteiger partial charge in [-0.15, -0.1) is 0 Å². The quantitative estimate of drug-likeness (QED) is 0.158. The molecule has 0 aliphatic carbocycles. The van der Waals surface area contributed by atoms with E-state index in [0.29, 0.717) is 28.3 Å². The van der Waals surface area contributed by atoms with E-state index in [1.54, 1.807) is 56.9 Å². The minimum absolute atomic E-state index is 0.463.